The molecule has 0 aliphatic rings. The third-order valence-electron chi connectivity index (χ3n) is 4.15. The molecule has 1 aromatic heterocycles. The molecule has 142 valence electrons. The fraction of sp³-hybridized carbons (Fsp3) is 0.211. The molecular weight excluding hydrogens is 386 g/mol. The van der Waals surface area contributed by atoms with E-state index in [0.717, 1.165) is 0 Å². The molecule has 2 N–H and O–H groups in total. The van der Waals surface area contributed by atoms with Crippen LogP contribution in [0, 0.1) is 6.92 Å². The molecule has 0 fully saturated rings. The van der Waals surface area contributed by atoms with Gasteiger partial charge in [-0.05, 0) is 51.1 Å². The minimum atomic E-state index is -3.77. The number of hydrogen-bond acceptors (Lipinski definition) is 4. The van der Waals surface area contributed by atoms with E-state index in [1.54, 1.807) is 68.0 Å². The van der Waals surface area contributed by atoms with Crippen molar-refractivity contribution in [3.05, 3.63) is 71.0 Å². The first-order valence-corrected chi connectivity index (χ1v) is 10.1. The number of anilines is 1. The van der Waals surface area contributed by atoms with Crippen molar-refractivity contribution in [2.75, 3.05) is 4.72 Å². The van der Waals surface area contributed by atoms with E-state index in [1.807, 2.05) is 0 Å². The van der Waals surface area contributed by atoms with Crippen molar-refractivity contribution in [2.24, 2.45) is 0 Å². The molecule has 1 heterocycles. The van der Waals surface area contributed by atoms with Gasteiger partial charge in [0.05, 0.1) is 28.1 Å². The van der Waals surface area contributed by atoms with Crippen LogP contribution >= 0.6 is 11.6 Å². The number of nitrogens with one attached hydrogen (secondary N) is 1. The SMILES string of the molecule is Cc1c(C(C)(C)O)cnn1-c1cc(Cl)ccc1NS(=O)(=O)c1ccccc1. The number of rotatable bonds is 5. The van der Waals surface area contributed by atoms with Crippen LogP contribution in [0.4, 0.5) is 5.69 Å². The number of benzene rings is 2. The Morgan fingerprint density at radius 1 is 1.15 bits per heavy atom. The van der Waals surface area contributed by atoms with Gasteiger partial charge in [-0.3, -0.25) is 4.72 Å². The summed E-state index contributed by atoms with van der Waals surface area (Å²) in [5.41, 5.74) is 1.04. The van der Waals surface area contributed by atoms with Crippen molar-refractivity contribution < 1.29 is 13.5 Å². The Bertz CT molecular complexity index is 1070. The fourth-order valence-electron chi connectivity index (χ4n) is 2.82. The molecule has 27 heavy (non-hydrogen) atoms. The van der Waals surface area contributed by atoms with Crippen molar-refractivity contribution in [3.8, 4) is 5.69 Å². The van der Waals surface area contributed by atoms with Crippen LogP contribution in [0.3, 0.4) is 0 Å². The smallest absolute Gasteiger partial charge is 0.261 e. The maximum atomic E-state index is 12.7. The van der Waals surface area contributed by atoms with E-state index in [2.05, 4.69) is 9.82 Å². The summed E-state index contributed by atoms with van der Waals surface area (Å²) in [4.78, 5) is 0.153. The zero-order chi connectivity index (χ0) is 19.8. The van der Waals surface area contributed by atoms with Gasteiger partial charge in [0.25, 0.3) is 10.0 Å². The molecule has 0 spiro atoms. The molecule has 8 heteroatoms. The zero-order valence-electron chi connectivity index (χ0n) is 15.1. The van der Waals surface area contributed by atoms with Crippen molar-refractivity contribution in [2.45, 2.75) is 31.3 Å². The van der Waals surface area contributed by atoms with E-state index >= 15 is 0 Å². The second-order valence-electron chi connectivity index (χ2n) is 6.69. The van der Waals surface area contributed by atoms with Gasteiger partial charge in [-0.25, -0.2) is 13.1 Å². The summed E-state index contributed by atoms with van der Waals surface area (Å²) in [6.07, 6.45) is 1.56. The average Bonchev–Trinajstić information content (AvgIpc) is 2.99. The van der Waals surface area contributed by atoms with Crippen molar-refractivity contribution in [3.63, 3.8) is 0 Å². The van der Waals surface area contributed by atoms with Gasteiger partial charge in [-0.15, -0.1) is 0 Å². The highest BCUT2D eigenvalue weighted by molar-refractivity contribution is 7.92. The van der Waals surface area contributed by atoms with Crippen molar-refractivity contribution in [1.29, 1.82) is 0 Å². The lowest BCUT2D eigenvalue weighted by atomic mass is 10.00. The summed E-state index contributed by atoms with van der Waals surface area (Å²) >= 11 is 6.14. The molecule has 0 saturated carbocycles. The minimum Gasteiger partial charge on any atom is -0.386 e. The zero-order valence-corrected chi connectivity index (χ0v) is 16.7. The summed E-state index contributed by atoms with van der Waals surface area (Å²) in [7, 11) is -3.77. The highest BCUT2D eigenvalue weighted by Crippen LogP contribution is 2.30. The third kappa shape index (κ3) is 4.00. The summed E-state index contributed by atoms with van der Waals surface area (Å²) in [5.74, 6) is 0. The Labute approximate surface area is 163 Å². The molecule has 2 aromatic carbocycles. The van der Waals surface area contributed by atoms with Gasteiger partial charge in [-0.2, -0.15) is 5.10 Å². The van der Waals surface area contributed by atoms with Gasteiger partial charge in [0.1, 0.15) is 0 Å². The molecule has 0 aliphatic heterocycles. The number of halogens is 1. The molecule has 3 rings (SSSR count). The fourth-order valence-corrected chi connectivity index (χ4v) is 4.08. The first-order valence-electron chi connectivity index (χ1n) is 8.25. The second kappa shape index (κ2) is 6.99. The Balaban J connectivity index is 2.09. The molecular formula is C19H20ClN3O3S. The van der Waals surface area contributed by atoms with Gasteiger partial charge in [0.2, 0.25) is 0 Å². The lowest BCUT2D eigenvalue weighted by molar-refractivity contribution is 0.0779. The summed E-state index contributed by atoms with van der Waals surface area (Å²) in [5, 5.41) is 15.1. The molecule has 0 bridgehead atoms. The van der Waals surface area contributed by atoms with Crippen LogP contribution in [0.25, 0.3) is 5.69 Å². The Morgan fingerprint density at radius 3 is 2.41 bits per heavy atom. The minimum absolute atomic E-state index is 0.153. The maximum absolute atomic E-state index is 12.7. The van der Waals surface area contributed by atoms with Gasteiger partial charge < -0.3 is 5.11 Å². The topological polar surface area (TPSA) is 84.2 Å². The van der Waals surface area contributed by atoms with Gasteiger partial charge in [0.15, 0.2) is 0 Å². The van der Waals surface area contributed by atoms with Crippen LogP contribution in [-0.4, -0.2) is 23.3 Å². The highest BCUT2D eigenvalue weighted by Gasteiger charge is 2.24. The van der Waals surface area contributed by atoms with E-state index in [0.29, 0.717) is 27.7 Å². The second-order valence-corrected chi connectivity index (χ2v) is 8.81. The quantitative estimate of drug-likeness (QED) is 0.675. The van der Waals surface area contributed by atoms with Crippen LogP contribution in [0.1, 0.15) is 25.1 Å². The Morgan fingerprint density at radius 2 is 1.81 bits per heavy atom. The van der Waals surface area contributed by atoms with Crippen LogP contribution in [0.5, 0.6) is 0 Å². The lowest BCUT2D eigenvalue weighted by Gasteiger charge is -2.18. The van der Waals surface area contributed by atoms with Gasteiger partial charge in [0, 0.05) is 16.3 Å². The average molecular weight is 406 g/mol. The molecule has 3 aromatic rings. The van der Waals surface area contributed by atoms with Crippen molar-refractivity contribution >= 4 is 27.3 Å². The number of aromatic nitrogens is 2. The van der Waals surface area contributed by atoms with Gasteiger partial charge >= 0.3 is 0 Å². The number of aliphatic hydroxyl groups is 1. The predicted octanol–water partition coefficient (Wildman–Crippen LogP) is 3.86. The first kappa shape index (κ1) is 19.4. The van der Waals surface area contributed by atoms with Crippen molar-refractivity contribution in [1.82, 2.24) is 9.78 Å². The highest BCUT2D eigenvalue weighted by atomic mass is 35.5. The monoisotopic (exact) mass is 405 g/mol. The van der Waals surface area contributed by atoms with Crippen LogP contribution < -0.4 is 4.72 Å². The summed E-state index contributed by atoms with van der Waals surface area (Å²) < 4.78 is 29.6. The van der Waals surface area contributed by atoms with Gasteiger partial charge in [-0.1, -0.05) is 29.8 Å². The third-order valence-corrected chi connectivity index (χ3v) is 5.77. The number of nitrogens with zero attached hydrogens (tertiary/aromatic N) is 2. The van der Waals surface area contributed by atoms with Crippen LogP contribution in [-0.2, 0) is 15.6 Å². The molecule has 0 unspecified atom stereocenters. The predicted molar refractivity (Wildman–Crippen MR) is 106 cm³/mol. The van der Waals surface area contributed by atoms with E-state index < -0.39 is 15.6 Å². The molecule has 0 saturated heterocycles. The van der Waals surface area contributed by atoms with Crippen LogP contribution in [0.15, 0.2) is 59.6 Å². The van der Waals surface area contributed by atoms with E-state index in [9.17, 15) is 13.5 Å². The number of hydrogen-bond donors (Lipinski definition) is 2. The maximum Gasteiger partial charge on any atom is 0.261 e. The van der Waals surface area contributed by atoms with E-state index in [4.69, 9.17) is 11.6 Å². The molecule has 0 aliphatic carbocycles. The largest absolute Gasteiger partial charge is 0.386 e. The first-order chi connectivity index (χ1) is 12.6. The number of sulfonamides is 1. The standard InChI is InChI=1S/C19H20ClN3O3S/c1-13-16(19(2,3)24)12-21-23(13)18-11-14(20)9-10-17(18)22-27(25,26)15-7-5-4-6-8-15/h4-12,22,24H,1-3H3. The molecule has 6 nitrogen and oxygen atoms in total. The normalized spacial score (nSPS) is 12.2. The molecule has 0 radical (unpaired) electrons. The Kier molecular flexibility index (Phi) is 5.03. The summed E-state index contributed by atoms with van der Waals surface area (Å²) in [6, 6.07) is 12.9. The molecule has 0 amide bonds. The van der Waals surface area contributed by atoms with E-state index in [-0.39, 0.29) is 4.90 Å². The van der Waals surface area contributed by atoms with Crippen LogP contribution in [0.2, 0.25) is 5.02 Å². The molecule has 0 atom stereocenters. The van der Waals surface area contributed by atoms with E-state index in [1.165, 1.54) is 12.1 Å². The lowest BCUT2D eigenvalue weighted by Crippen LogP contribution is -2.17. The summed E-state index contributed by atoms with van der Waals surface area (Å²) in [6.45, 7) is 5.13. The Hall–Kier alpha value is -2.35.